The van der Waals surface area contributed by atoms with Gasteiger partial charge in [-0.1, -0.05) is 37.3 Å². The smallest absolute Gasteiger partial charge is 0.0107 e. The highest BCUT2D eigenvalue weighted by Crippen LogP contribution is 2.05. The van der Waals surface area contributed by atoms with Gasteiger partial charge < -0.3 is 10.2 Å². The lowest BCUT2D eigenvalue weighted by Crippen LogP contribution is -2.38. The summed E-state index contributed by atoms with van der Waals surface area (Å²) < 4.78 is 0. The van der Waals surface area contributed by atoms with Gasteiger partial charge >= 0.3 is 0 Å². The van der Waals surface area contributed by atoms with Crippen molar-refractivity contribution in [3.8, 4) is 0 Å². The van der Waals surface area contributed by atoms with Crippen LogP contribution in [0.3, 0.4) is 0 Å². The van der Waals surface area contributed by atoms with Crippen molar-refractivity contribution >= 4 is 0 Å². The fourth-order valence-electron chi connectivity index (χ4n) is 2.15. The summed E-state index contributed by atoms with van der Waals surface area (Å²) in [5, 5.41) is 3.62. The van der Waals surface area contributed by atoms with Gasteiger partial charge in [-0.05, 0) is 45.7 Å². The summed E-state index contributed by atoms with van der Waals surface area (Å²) in [6.07, 6.45) is 3.59. The average Bonchev–Trinajstić information content (AvgIpc) is 2.45. The number of aryl methyl sites for hydroxylation is 1. The van der Waals surface area contributed by atoms with Crippen LogP contribution in [-0.4, -0.2) is 37.1 Å². The zero-order chi connectivity index (χ0) is 14.1. The summed E-state index contributed by atoms with van der Waals surface area (Å²) in [5.41, 5.74) is 1.44. The van der Waals surface area contributed by atoms with Gasteiger partial charge in [0.15, 0.2) is 0 Å². The third kappa shape index (κ3) is 6.74. The Morgan fingerprint density at radius 3 is 2.47 bits per heavy atom. The minimum absolute atomic E-state index is 0.588. The molecule has 19 heavy (non-hydrogen) atoms. The van der Waals surface area contributed by atoms with Crippen LogP contribution in [0, 0.1) is 0 Å². The van der Waals surface area contributed by atoms with Crippen LogP contribution in [0.1, 0.15) is 39.2 Å². The Balaban J connectivity index is 2.13. The molecule has 0 radical (unpaired) electrons. The number of benzene rings is 1. The molecule has 0 fully saturated rings. The van der Waals surface area contributed by atoms with E-state index in [1.54, 1.807) is 0 Å². The number of nitrogens with one attached hydrogen (secondary N) is 1. The van der Waals surface area contributed by atoms with Crippen molar-refractivity contribution in [1.29, 1.82) is 0 Å². The van der Waals surface area contributed by atoms with Gasteiger partial charge in [-0.15, -0.1) is 0 Å². The second-order valence-corrected chi connectivity index (χ2v) is 5.62. The predicted octanol–water partition coefficient (Wildman–Crippen LogP) is 3.33. The van der Waals surface area contributed by atoms with E-state index in [2.05, 4.69) is 68.4 Å². The predicted molar refractivity (Wildman–Crippen MR) is 84.6 cm³/mol. The van der Waals surface area contributed by atoms with Gasteiger partial charge in [0.1, 0.15) is 0 Å². The largest absolute Gasteiger partial charge is 0.313 e. The van der Waals surface area contributed by atoms with Crippen LogP contribution < -0.4 is 5.32 Å². The number of rotatable bonds is 9. The standard InChI is InChI=1S/C17H30N2/c1-5-16(3)19(4)14-13-18-15(2)11-12-17-9-7-6-8-10-17/h6-10,15-16,18H,5,11-14H2,1-4H3. The monoisotopic (exact) mass is 262 g/mol. The highest BCUT2D eigenvalue weighted by Gasteiger charge is 2.07. The zero-order valence-corrected chi connectivity index (χ0v) is 13.0. The van der Waals surface area contributed by atoms with E-state index in [4.69, 9.17) is 0 Å². The Kier molecular flexibility index (Phi) is 7.76. The van der Waals surface area contributed by atoms with E-state index >= 15 is 0 Å². The number of likely N-dealkylation sites (N-methyl/N-ethyl adjacent to an activating group) is 1. The first-order chi connectivity index (χ1) is 9.13. The molecule has 0 aromatic heterocycles. The lowest BCUT2D eigenvalue weighted by molar-refractivity contribution is 0.248. The van der Waals surface area contributed by atoms with E-state index in [9.17, 15) is 0 Å². The topological polar surface area (TPSA) is 15.3 Å². The normalized spacial score (nSPS) is 14.6. The van der Waals surface area contributed by atoms with E-state index in [0.717, 1.165) is 19.5 Å². The number of nitrogens with zero attached hydrogens (tertiary/aromatic N) is 1. The molecule has 0 aliphatic heterocycles. The molecule has 2 unspecified atom stereocenters. The molecule has 1 aromatic rings. The Morgan fingerprint density at radius 2 is 1.84 bits per heavy atom. The molecule has 0 bridgehead atoms. The summed E-state index contributed by atoms with van der Waals surface area (Å²) in [4.78, 5) is 2.43. The van der Waals surface area contributed by atoms with Gasteiger partial charge in [0, 0.05) is 25.2 Å². The molecule has 0 amide bonds. The summed E-state index contributed by atoms with van der Waals surface area (Å²) in [6, 6.07) is 12.0. The summed E-state index contributed by atoms with van der Waals surface area (Å²) in [5.74, 6) is 0. The number of hydrogen-bond donors (Lipinski definition) is 1. The lowest BCUT2D eigenvalue weighted by Gasteiger charge is -2.24. The summed E-state index contributed by atoms with van der Waals surface area (Å²) >= 11 is 0. The minimum Gasteiger partial charge on any atom is -0.313 e. The Hall–Kier alpha value is -0.860. The van der Waals surface area contributed by atoms with E-state index < -0.39 is 0 Å². The van der Waals surface area contributed by atoms with Gasteiger partial charge in [0.2, 0.25) is 0 Å². The molecule has 2 atom stereocenters. The average molecular weight is 262 g/mol. The van der Waals surface area contributed by atoms with Gasteiger partial charge in [0.05, 0.1) is 0 Å². The van der Waals surface area contributed by atoms with Crippen LogP contribution in [0.2, 0.25) is 0 Å². The molecule has 1 rings (SSSR count). The Morgan fingerprint density at radius 1 is 1.16 bits per heavy atom. The molecule has 1 N–H and O–H groups in total. The fourth-order valence-corrected chi connectivity index (χ4v) is 2.15. The maximum Gasteiger partial charge on any atom is 0.0107 e. The van der Waals surface area contributed by atoms with E-state index in [1.165, 1.54) is 18.4 Å². The fraction of sp³-hybridized carbons (Fsp3) is 0.647. The molecule has 0 saturated heterocycles. The molecule has 108 valence electrons. The van der Waals surface area contributed by atoms with Crippen molar-refractivity contribution in [3.05, 3.63) is 35.9 Å². The molecule has 0 spiro atoms. The van der Waals surface area contributed by atoms with Crippen molar-refractivity contribution < 1.29 is 0 Å². The maximum atomic E-state index is 3.62. The molecular weight excluding hydrogens is 232 g/mol. The first-order valence-corrected chi connectivity index (χ1v) is 7.61. The van der Waals surface area contributed by atoms with Crippen molar-refractivity contribution in [3.63, 3.8) is 0 Å². The maximum absolute atomic E-state index is 3.62. The molecular formula is C17H30N2. The second-order valence-electron chi connectivity index (χ2n) is 5.62. The van der Waals surface area contributed by atoms with E-state index in [1.807, 2.05) is 0 Å². The highest BCUT2D eigenvalue weighted by atomic mass is 15.1. The summed E-state index contributed by atoms with van der Waals surface area (Å²) in [6.45, 7) is 9.03. The highest BCUT2D eigenvalue weighted by molar-refractivity contribution is 5.14. The quantitative estimate of drug-likeness (QED) is 0.734. The van der Waals surface area contributed by atoms with Crippen LogP contribution in [0.4, 0.5) is 0 Å². The van der Waals surface area contributed by atoms with Gasteiger partial charge in [-0.3, -0.25) is 0 Å². The van der Waals surface area contributed by atoms with Crippen molar-refractivity contribution in [2.75, 3.05) is 20.1 Å². The van der Waals surface area contributed by atoms with E-state index in [0.29, 0.717) is 12.1 Å². The van der Waals surface area contributed by atoms with Crippen LogP contribution in [0.15, 0.2) is 30.3 Å². The molecule has 2 heteroatoms. The Labute approximate surface area is 119 Å². The van der Waals surface area contributed by atoms with Crippen LogP contribution in [-0.2, 0) is 6.42 Å². The van der Waals surface area contributed by atoms with Crippen molar-refractivity contribution in [2.45, 2.75) is 52.1 Å². The number of hydrogen-bond acceptors (Lipinski definition) is 2. The van der Waals surface area contributed by atoms with Crippen LogP contribution in [0.25, 0.3) is 0 Å². The van der Waals surface area contributed by atoms with Crippen LogP contribution >= 0.6 is 0 Å². The SMILES string of the molecule is CCC(C)N(C)CCNC(C)CCc1ccccc1. The molecule has 0 heterocycles. The Bertz CT molecular complexity index is 323. The third-order valence-corrected chi connectivity index (χ3v) is 4.01. The van der Waals surface area contributed by atoms with Gasteiger partial charge in [0.25, 0.3) is 0 Å². The van der Waals surface area contributed by atoms with Gasteiger partial charge in [-0.2, -0.15) is 0 Å². The van der Waals surface area contributed by atoms with E-state index in [-0.39, 0.29) is 0 Å². The van der Waals surface area contributed by atoms with Crippen LogP contribution in [0.5, 0.6) is 0 Å². The van der Waals surface area contributed by atoms with Crippen molar-refractivity contribution in [1.82, 2.24) is 10.2 Å². The zero-order valence-electron chi connectivity index (χ0n) is 13.0. The second kappa shape index (κ2) is 9.11. The third-order valence-electron chi connectivity index (χ3n) is 4.01. The minimum atomic E-state index is 0.588. The summed E-state index contributed by atoms with van der Waals surface area (Å²) in [7, 11) is 2.21. The molecule has 0 saturated carbocycles. The molecule has 1 aromatic carbocycles. The lowest BCUT2D eigenvalue weighted by atomic mass is 10.1. The van der Waals surface area contributed by atoms with Crippen molar-refractivity contribution in [2.24, 2.45) is 0 Å². The first kappa shape index (κ1) is 16.2. The van der Waals surface area contributed by atoms with Gasteiger partial charge in [-0.25, -0.2) is 0 Å². The first-order valence-electron chi connectivity index (χ1n) is 7.61. The molecule has 2 nitrogen and oxygen atoms in total. The molecule has 0 aliphatic rings. The molecule has 0 aliphatic carbocycles.